The van der Waals surface area contributed by atoms with Crippen LogP contribution in [-0.4, -0.2) is 64.7 Å². The van der Waals surface area contributed by atoms with Crippen molar-refractivity contribution in [3.05, 3.63) is 47.4 Å². The molecule has 0 aliphatic rings. The van der Waals surface area contributed by atoms with Gasteiger partial charge in [-0.05, 0) is 30.2 Å². The quantitative estimate of drug-likeness (QED) is 0.531. The fourth-order valence-corrected chi connectivity index (χ4v) is 3.32. The number of anilines is 1. The molecular weight excluding hydrogens is 396 g/mol. The Morgan fingerprint density at radius 3 is 2.31 bits per heavy atom. The highest BCUT2D eigenvalue weighted by molar-refractivity contribution is 7.89. The number of sulfonamides is 1. The summed E-state index contributed by atoms with van der Waals surface area (Å²) >= 11 is 0. The van der Waals surface area contributed by atoms with Crippen LogP contribution in [-0.2, 0) is 25.9 Å². The maximum atomic E-state index is 12.7. The number of hydrogen-bond donors (Lipinski definition) is 1. The first-order valence-electron chi connectivity index (χ1n) is 8.96. The van der Waals surface area contributed by atoms with Crippen molar-refractivity contribution in [2.45, 2.75) is 18.2 Å². The Kier molecular flexibility index (Phi) is 8.21. The Hall–Kier alpha value is -2.40. The topological polar surface area (TPSA) is 125 Å². The molecule has 2 aromatic rings. The molecule has 0 saturated heterocycles. The molecule has 0 saturated carbocycles. The van der Waals surface area contributed by atoms with Crippen LogP contribution in [0, 0.1) is 6.92 Å². The highest BCUT2D eigenvalue weighted by Crippen LogP contribution is 2.18. The molecule has 0 aliphatic heterocycles. The molecule has 2 rings (SSSR count). The van der Waals surface area contributed by atoms with Crippen LogP contribution in [0.3, 0.4) is 0 Å². The summed E-state index contributed by atoms with van der Waals surface area (Å²) < 4.78 is 33.2. The van der Waals surface area contributed by atoms with Crippen molar-refractivity contribution in [2.24, 2.45) is 5.14 Å². The van der Waals surface area contributed by atoms with Crippen LogP contribution in [0.5, 0.6) is 0 Å². The molecule has 0 fully saturated rings. The molecule has 1 aromatic carbocycles. The lowest BCUT2D eigenvalue weighted by molar-refractivity contribution is 0.0988. The highest BCUT2D eigenvalue weighted by atomic mass is 32.2. The minimum atomic E-state index is -3.78. The van der Waals surface area contributed by atoms with E-state index in [0.717, 1.165) is 0 Å². The molecule has 158 valence electrons. The minimum Gasteiger partial charge on any atom is -0.383 e. The zero-order chi connectivity index (χ0) is 21.4. The SMILES string of the molecule is COCCN(CCOC)c1cc(C(=O)Cc2ccc(S(N)(=O)=O)cc2C)ncn1. The molecule has 0 spiro atoms. The van der Waals surface area contributed by atoms with E-state index < -0.39 is 10.0 Å². The van der Waals surface area contributed by atoms with Gasteiger partial charge in [-0.1, -0.05) is 6.07 Å². The molecule has 2 N–H and O–H groups in total. The lowest BCUT2D eigenvalue weighted by atomic mass is 10.0. The molecule has 0 amide bonds. The van der Waals surface area contributed by atoms with Crippen molar-refractivity contribution < 1.29 is 22.7 Å². The van der Waals surface area contributed by atoms with Gasteiger partial charge >= 0.3 is 0 Å². The van der Waals surface area contributed by atoms with Crippen LogP contribution < -0.4 is 10.0 Å². The average Bonchev–Trinajstić information content (AvgIpc) is 2.69. The van der Waals surface area contributed by atoms with Gasteiger partial charge in [0.1, 0.15) is 17.8 Å². The van der Waals surface area contributed by atoms with E-state index in [2.05, 4.69) is 9.97 Å². The van der Waals surface area contributed by atoms with Crippen molar-refractivity contribution in [1.29, 1.82) is 0 Å². The number of primary sulfonamides is 1. The fraction of sp³-hybridized carbons (Fsp3) is 0.421. The Balaban J connectivity index is 2.20. The van der Waals surface area contributed by atoms with Gasteiger partial charge in [0, 0.05) is 39.8 Å². The third kappa shape index (κ3) is 6.57. The van der Waals surface area contributed by atoms with Gasteiger partial charge in [0.05, 0.1) is 18.1 Å². The van der Waals surface area contributed by atoms with Crippen LogP contribution in [0.1, 0.15) is 21.6 Å². The van der Waals surface area contributed by atoms with Gasteiger partial charge in [0.25, 0.3) is 0 Å². The monoisotopic (exact) mass is 422 g/mol. The third-order valence-corrected chi connectivity index (χ3v) is 5.30. The Labute approximate surface area is 170 Å². The molecule has 0 bridgehead atoms. The molecule has 9 nitrogen and oxygen atoms in total. The van der Waals surface area contributed by atoms with Crippen LogP contribution in [0.2, 0.25) is 0 Å². The van der Waals surface area contributed by atoms with E-state index in [1.165, 1.54) is 18.5 Å². The van der Waals surface area contributed by atoms with Gasteiger partial charge in [0.2, 0.25) is 10.0 Å². The zero-order valence-corrected chi connectivity index (χ0v) is 17.6. The summed E-state index contributed by atoms with van der Waals surface area (Å²) in [4.78, 5) is 23.1. The lowest BCUT2D eigenvalue weighted by Crippen LogP contribution is -2.31. The number of aromatic nitrogens is 2. The summed E-state index contributed by atoms with van der Waals surface area (Å²) in [5.74, 6) is 0.414. The van der Waals surface area contributed by atoms with Crippen molar-refractivity contribution >= 4 is 21.6 Å². The summed E-state index contributed by atoms with van der Waals surface area (Å²) in [7, 11) is -0.549. The van der Waals surface area contributed by atoms with E-state index in [1.807, 2.05) is 4.90 Å². The number of nitrogens with zero attached hydrogens (tertiary/aromatic N) is 3. The van der Waals surface area contributed by atoms with Crippen LogP contribution in [0.4, 0.5) is 5.82 Å². The number of Topliss-reactive ketones (excluding diaryl/α,β-unsaturated/α-hetero) is 1. The number of rotatable bonds is 11. The first-order valence-corrected chi connectivity index (χ1v) is 10.5. The Morgan fingerprint density at radius 1 is 1.10 bits per heavy atom. The normalized spacial score (nSPS) is 11.4. The number of nitrogens with two attached hydrogens (primary N) is 1. The molecule has 0 atom stereocenters. The van der Waals surface area contributed by atoms with Crippen molar-refractivity contribution in [3.63, 3.8) is 0 Å². The van der Waals surface area contributed by atoms with E-state index in [-0.39, 0.29) is 22.8 Å². The van der Waals surface area contributed by atoms with Crippen molar-refractivity contribution in [3.8, 4) is 0 Å². The number of ether oxygens (including phenoxy) is 2. The van der Waals surface area contributed by atoms with E-state index in [9.17, 15) is 13.2 Å². The number of carbonyl (C=O) groups excluding carboxylic acids is 1. The number of carbonyl (C=O) groups is 1. The smallest absolute Gasteiger partial charge is 0.238 e. The number of aryl methyl sites for hydroxylation is 1. The van der Waals surface area contributed by atoms with Crippen molar-refractivity contribution in [1.82, 2.24) is 9.97 Å². The number of ketones is 1. The van der Waals surface area contributed by atoms with Crippen LogP contribution in [0.15, 0.2) is 35.5 Å². The summed E-state index contributed by atoms with van der Waals surface area (Å²) in [6, 6.07) is 6.09. The van der Waals surface area contributed by atoms with Gasteiger partial charge < -0.3 is 14.4 Å². The maximum Gasteiger partial charge on any atom is 0.238 e. The molecule has 1 heterocycles. The largest absolute Gasteiger partial charge is 0.383 e. The summed E-state index contributed by atoms with van der Waals surface area (Å²) in [6.07, 6.45) is 1.44. The third-order valence-electron chi connectivity index (χ3n) is 4.39. The van der Waals surface area contributed by atoms with Gasteiger partial charge in [-0.3, -0.25) is 4.79 Å². The number of hydrogen-bond acceptors (Lipinski definition) is 8. The Bertz CT molecular complexity index is 941. The molecular formula is C19H26N4O5S. The first kappa shape index (κ1) is 22.9. The molecule has 1 aromatic heterocycles. The standard InChI is InChI=1S/C19H26N4O5S/c1-14-10-16(29(20,25)26)5-4-15(14)11-18(24)17-12-19(22-13-21-17)23(6-8-27-2)7-9-28-3/h4-5,10,12-13H,6-9,11H2,1-3H3,(H2,20,25,26). The summed E-state index contributed by atoms with van der Waals surface area (Å²) in [5.41, 5.74) is 1.66. The predicted octanol–water partition coefficient (Wildman–Crippen LogP) is 0.957. The van der Waals surface area contributed by atoms with Gasteiger partial charge in [0.15, 0.2) is 5.78 Å². The van der Waals surface area contributed by atoms with Crippen LogP contribution >= 0.6 is 0 Å². The summed E-state index contributed by atoms with van der Waals surface area (Å²) in [6.45, 7) is 3.94. The van der Waals surface area contributed by atoms with E-state index >= 15 is 0 Å². The second-order valence-corrected chi connectivity index (χ2v) is 8.03. The maximum absolute atomic E-state index is 12.7. The van der Waals surface area contributed by atoms with E-state index in [0.29, 0.717) is 43.2 Å². The first-order chi connectivity index (χ1) is 13.8. The number of benzene rings is 1. The molecule has 29 heavy (non-hydrogen) atoms. The molecule has 0 radical (unpaired) electrons. The van der Waals surface area contributed by atoms with Gasteiger partial charge in [-0.2, -0.15) is 0 Å². The van der Waals surface area contributed by atoms with Gasteiger partial charge in [-0.25, -0.2) is 23.5 Å². The second kappa shape index (κ2) is 10.4. The molecule has 10 heteroatoms. The second-order valence-electron chi connectivity index (χ2n) is 6.47. The molecule has 0 aliphatic carbocycles. The highest BCUT2D eigenvalue weighted by Gasteiger charge is 2.16. The fourth-order valence-electron chi connectivity index (χ4n) is 2.72. The Morgan fingerprint density at radius 2 is 1.76 bits per heavy atom. The minimum absolute atomic E-state index is 0.0162. The van der Waals surface area contributed by atoms with Crippen LogP contribution in [0.25, 0.3) is 0 Å². The molecule has 0 unspecified atom stereocenters. The average molecular weight is 423 g/mol. The van der Waals surface area contributed by atoms with E-state index in [1.54, 1.807) is 33.3 Å². The van der Waals surface area contributed by atoms with Crippen molar-refractivity contribution in [2.75, 3.05) is 45.4 Å². The lowest BCUT2D eigenvalue weighted by Gasteiger charge is -2.23. The van der Waals surface area contributed by atoms with E-state index in [4.69, 9.17) is 14.6 Å². The zero-order valence-electron chi connectivity index (χ0n) is 16.8. The summed E-state index contributed by atoms with van der Waals surface area (Å²) in [5, 5.41) is 5.15. The predicted molar refractivity (Wildman–Crippen MR) is 109 cm³/mol. The van der Waals surface area contributed by atoms with Gasteiger partial charge in [-0.15, -0.1) is 0 Å². The number of methoxy groups -OCH3 is 2.